The maximum Gasteiger partial charge on any atom is 0.258 e. The number of amides is 2. The molecule has 3 N–H and O–H groups in total. The molecule has 0 aliphatic carbocycles. The monoisotopic (exact) mass is 359 g/mol. The summed E-state index contributed by atoms with van der Waals surface area (Å²) in [4.78, 5) is 28.1. The van der Waals surface area contributed by atoms with Gasteiger partial charge in [0.1, 0.15) is 11.3 Å². The first-order valence-corrected chi connectivity index (χ1v) is 8.51. The van der Waals surface area contributed by atoms with E-state index in [4.69, 9.17) is 10.5 Å². The molecular formula is C21H17N3O3. The number of ether oxygens (including phenoxy) is 1. The molecule has 27 heavy (non-hydrogen) atoms. The van der Waals surface area contributed by atoms with Gasteiger partial charge in [0.05, 0.1) is 0 Å². The molecule has 0 saturated heterocycles. The smallest absolute Gasteiger partial charge is 0.258 e. The number of benzene rings is 2. The molecule has 0 spiro atoms. The van der Waals surface area contributed by atoms with Gasteiger partial charge in [-0.1, -0.05) is 30.3 Å². The zero-order valence-electron chi connectivity index (χ0n) is 14.6. The number of nitrogens with zero attached hydrogens (tertiary/aromatic N) is 1. The molecule has 1 aromatic heterocycles. The van der Waals surface area contributed by atoms with Crippen LogP contribution in [0.2, 0.25) is 0 Å². The van der Waals surface area contributed by atoms with Crippen molar-refractivity contribution in [2.45, 2.75) is 13.0 Å². The van der Waals surface area contributed by atoms with E-state index >= 15 is 0 Å². The largest absolute Gasteiger partial charge is 0.479 e. The fraction of sp³-hybridized carbons (Fsp3) is 0.0952. The van der Waals surface area contributed by atoms with Crippen LogP contribution < -0.4 is 15.8 Å². The quantitative estimate of drug-likeness (QED) is 0.700. The van der Waals surface area contributed by atoms with E-state index in [0.29, 0.717) is 16.8 Å². The summed E-state index contributed by atoms with van der Waals surface area (Å²) in [7, 11) is 0. The molecule has 2 heterocycles. The highest BCUT2D eigenvalue weighted by atomic mass is 16.5. The number of primary amides is 1. The summed E-state index contributed by atoms with van der Waals surface area (Å²) in [6.45, 7) is 1.59. The molecule has 2 amide bonds. The van der Waals surface area contributed by atoms with Crippen molar-refractivity contribution in [2.75, 3.05) is 5.32 Å². The molecule has 1 unspecified atom stereocenters. The summed E-state index contributed by atoms with van der Waals surface area (Å²) in [5, 5.41) is 3.68. The van der Waals surface area contributed by atoms with Crippen LogP contribution >= 0.6 is 0 Å². The first kappa shape index (κ1) is 16.8. The zero-order valence-corrected chi connectivity index (χ0v) is 14.6. The van der Waals surface area contributed by atoms with Gasteiger partial charge in [0.25, 0.3) is 11.8 Å². The third-order valence-corrected chi connectivity index (χ3v) is 4.48. The van der Waals surface area contributed by atoms with Gasteiger partial charge in [0.15, 0.2) is 6.10 Å². The summed E-state index contributed by atoms with van der Waals surface area (Å²) < 4.78 is 5.65. The number of carbonyl (C=O) groups excluding carboxylic acids is 2. The summed E-state index contributed by atoms with van der Waals surface area (Å²) in [6, 6.07) is 14.8. The number of fused-ring (bicyclic) bond motifs is 2. The van der Waals surface area contributed by atoms with Crippen LogP contribution in [0.5, 0.6) is 5.75 Å². The molecule has 2 aromatic carbocycles. The molecule has 0 radical (unpaired) electrons. The fourth-order valence-corrected chi connectivity index (χ4v) is 3.08. The Balaban J connectivity index is 1.83. The van der Waals surface area contributed by atoms with Crippen LogP contribution in [0.1, 0.15) is 18.1 Å². The number of para-hydroxylation sites is 1. The number of nitrogens with two attached hydrogens (primary N) is 1. The highest BCUT2D eigenvalue weighted by Gasteiger charge is 2.24. The Labute approximate surface area is 155 Å². The van der Waals surface area contributed by atoms with Gasteiger partial charge in [-0.15, -0.1) is 0 Å². The number of hydrogen-bond donors (Lipinski definition) is 2. The molecule has 134 valence electrons. The number of pyridine rings is 1. The molecule has 3 aromatic rings. The Kier molecular flexibility index (Phi) is 4.08. The molecule has 1 atom stereocenters. The molecular weight excluding hydrogens is 342 g/mol. The highest BCUT2D eigenvalue weighted by molar-refractivity contribution is 6.35. The van der Waals surface area contributed by atoms with Gasteiger partial charge in [0, 0.05) is 28.4 Å². The van der Waals surface area contributed by atoms with Gasteiger partial charge in [-0.25, -0.2) is 0 Å². The highest BCUT2D eigenvalue weighted by Crippen LogP contribution is 2.35. The third-order valence-electron chi connectivity index (χ3n) is 4.48. The van der Waals surface area contributed by atoms with Crippen LogP contribution in [0, 0.1) is 0 Å². The topological polar surface area (TPSA) is 94.3 Å². The molecule has 0 bridgehead atoms. The summed E-state index contributed by atoms with van der Waals surface area (Å²) in [5.41, 5.74) is 8.98. The van der Waals surface area contributed by atoms with E-state index in [-0.39, 0.29) is 5.91 Å². The van der Waals surface area contributed by atoms with Crippen LogP contribution in [-0.2, 0) is 9.59 Å². The number of hydrogen-bond acceptors (Lipinski definition) is 4. The average molecular weight is 359 g/mol. The maximum absolute atomic E-state index is 12.4. The van der Waals surface area contributed by atoms with Gasteiger partial charge in [0.2, 0.25) is 0 Å². The summed E-state index contributed by atoms with van der Waals surface area (Å²) >= 11 is 0. The molecule has 1 aliphatic rings. The lowest BCUT2D eigenvalue weighted by molar-refractivity contribution is -0.123. The first-order chi connectivity index (χ1) is 13.0. The van der Waals surface area contributed by atoms with Crippen LogP contribution in [0.3, 0.4) is 0 Å². The van der Waals surface area contributed by atoms with Crippen molar-refractivity contribution in [3.05, 3.63) is 65.9 Å². The number of carbonyl (C=O) groups is 2. The number of rotatable bonds is 4. The second-order valence-corrected chi connectivity index (χ2v) is 6.27. The molecule has 1 aliphatic heterocycles. The Morgan fingerprint density at radius 3 is 2.81 bits per heavy atom. The van der Waals surface area contributed by atoms with Crippen LogP contribution in [0.15, 0.2) is 54.7 Å². The van der Waals surface area contributed by atoms with Crippen LogP contribution in [-0.4, -0.2) is 22.9 Å². The lowest BCUT2D eigenvalue weighted by Crippen LogP contribution is -2.30. The van der Waals surface area contributed by atoms with Crippen molar-refractivity contribution in [1.82, 2.24) is 4.98 Å². The van der Waals surface area contributed by atoms with E-state index < -0.39 is 12.0 Å². The van der Waals surface area contributed by atoms with E-state index in [9.17, 15) is 9.59 Å². The Morgan fingerprint density at radius 2 is 2.00 bits per heavy atom. The number of nitrogens with one attached hydrogen (secondary N) is 1. The van der Waals surface area contributed by atoms with Crippen LogP contribution in [0.4, 0.5) is 5.69 Å². The van der Waals surface area contributed by atoms with E-state index in [2.05, 4.69) is 10.3 Å². The number of anilines is 1. The van der Waals surface area contributed by atoms with E-state index in [1.54, 1.807) is 19.2 Å². The van der Waals surface area contributed by atoms with Crippen molar-refractivity contribution < 1.29 is 14.3 Å². The maximum atomic E-state index is 12.4. The van der Waals surface area contributed by atoms with Crippen LogP contribution in [0.25, 0.3) is 22.6 Å². The van der Waals surface area contributed by atoms with Gasteiger partial charge >= 0.3 is 0 Å². The van der Waals surface area contributed by atoms with Gasteiger partial charge in [-0.05, 0) is 36.8 Å². The fourth-order valence-electron chi connectivity index (χ4n) is 3.08. The Bertz CT molecular complexity index is 1100. The SMILES string of the molecule is CC(Oc1ccc(C=C2C(=O)Nc3ccccc32)c2cccnc12)C(N)=O. The molecule has 6 heteroatoms. The molecule has 0 fully saturated rings. The predicted octanol–water partition coefficient (Wildman–Crippen LogP) is 2.98. The second kappa shape index (κ2) is 6.57. The van der Waals surface area contributed by atoms with Gasteiger partial charge in [-0.3, -0.25) is 14.6 Å². The normalized spacial score (nSPS) is 15.4. The minimum Gasteiger partial charge on any atom is -0.479 e. The summed E-state index contributed by atoms with van der Waals surface area (Å²) in [5.74, 6) is -0.226. The van der Waals surface area contributed by atoms with Crippen molar-refractivity contribution >= 4 is 40.1 Å². The minimum absolute atomic E-state index is 0.143. The average Bonchev–Trinajstić information content (AvgIpc) is 2.99. The van der Waals surface area contributed by atoms with E-state index in [1.165, 1.54) is 0 Å². The number of aromatic nitrogens is 1. The predicted molar refractivity (Wildman–Crippen MR) is 104 cm³/mol. The lowest BCUT2D eigenvalue weighted by Gasteiger charge is -2.14. The van der Waals surface area contributed by atoms with E-state index in [1.807, 2.05) is 48.5 Å². The Morgan fingerprint density at radius 1 is 1.19 bits per heavy atom. The van der Waals surface area contributed by atoms with Crippen molar-refractivity contribution in [2.24, 2.45) is 5.73 Å². The zero-order chi connectivity index (χ0) is 19.0. The molecule has 6 nitrogen and oxygen atoms in total. The molecule has 4 rings (SSSR count). The van der Waals surface area contributed by atoms with Gasteiger partial charge in [-0.2, -0.15) is 0 Å². The molecule has 0 saturated carbocycles. The third kappa shape index (κ3) is 3.01. The van der Waals surface area contributed by atoms with Crippen molar-refractivity contribution in [1.29, 1.82) is 0 Å². The van der Waals surface area contributed by atoms with Crippen molar-refractivity contribution in [3.63, 3.8) is 0 Å². The van der Waals surface area contributed by atoms with Gasteiger partial charge < -0.3 is 15.8 Å². The van der Waals surface area contributed by atoms with E-state index in [0.717, 1.165) is 22.2 Å². The minimum atomic E-state index is -0.771. The summed E-state index contributed by atoms with van der Waals surface area (Å²) in [6.07, 6.45) is 2.72. The lowest BCUT2D eigenvalue weighted by atomic mass is 10.0. The first-order valence-electron chi connectivity index (χ1n) is 8.51. The Hall–Kier alpha value is -3.67. The standard InChI is InChI=1S/C21H17N3O3/c1-12(20(22)25)27-18-9-8-13(14-6-4-10-23-19(14)18)11-16-15-5-2-3-7-17(15)24-21(16)26/h2-12H,1H3,(H2,22,25)(H,24,26). The second-order valence-electron chi connectivity index (χ2n) is 6.27. The van der Waals surface area contributed by atoms with Crippen molar-refractivity contribution in [3.8, 4) is 5.75 Å².